The number of amides is 1. The molecule has 0 spiro atoms. The number of carboxylic acids is 2. The van der Waals surface area contributed by atoms with Crippen LogP contribution in [0.4, 0.5) is 0 Å². The number of rotatable bonds is 3. The molecule has 0 aromatic carbocycles. The molecule has 0 aliphatic carbocycles. The first-order chi connectivity index (χ1) is 6.06. The summed E-state index contributed by atoms with van der Waals surface area (Å²) < 4.78 is 0. The van der Waals surface area contributed by atoms with Crippen LogP contribution in [0.1, 0.15) is 0 Å². The topological polar surface area (TPSA) is 94.9 Å². The maximum atomic E-state index is 10.6. The van der Waals surface area contributed by atoms with Gasteiger partial charge in [-0.2, -0.15) is 0 Å². The fraction of sp³-hybridized carbons (Fsp3) is 0.571. The van der Waals surface area contributed by atoms with Crippen molar-refractivity contribution in [1.29, 1.82) is 0 Å². The van der Waals surface area contributed by atoms with E-state index in [1.165, 1.54) is 0 Å². The lowest BCUT2D eigenvalue weighted by atomic mass is 9.97. The summed E-state index contributed by atoms with van der Waals surface area (Å²) in [5.74, 6) is -4.31. The summed E-state index contributed by atoms with van der Waals surface area (Å²) in [6, 6.07) is 0. The van der Waals surface area contributed by atoms with Crippen molar-refractivity contribution in [3.05, 3.63) is 0 Å². The lowest BCUT2D eigenvalue weighted by molar-refractivity contribution is -0.151. The van der Waals surface area contributed by atoms with Gasteiger partial charge in [0, 0.05) is 13.1 Å². The summed E-state index contributed by atoms with van der Waals surface area (Å²) >= 11 is 0. The summed E-state index contributed by atoms with van der Waals surface area (Å²) in [6.07, 6.45) is 0.471. The molecule has 6 nitrogen and oxygen atoms in total. The molecule has 2 atom stereocenters. The van der Waals surface area contributed by atoms with Gasteiger partial charge in [-0.1, -0.05) is 0 Å². The van der Waals surface area contributed by atoms with Gasteiger partial charge in [-0.25, -0.2) is 0 Å². The van der Waals surface area contributed by atoms with Crippen LogP contribution in [0.15, 0.2) is 0 Å². The molecule has 13 heavy (non-hydrogen) atoms. The second kappa shape index (κ2) is 3.42. The Kier molecular flexibility index (Phi) is 2.50. The molecule has 1 saturated heterocycles. The fourth-order valence-electron chi connectivity index (χ4n) is 1.42. The normalized spacial score (nSPS) is 27.2. The number of carboxylic acid groups (broad SMARTS) is 2. The lowest BCUT2D eigenvalue weighted by Gasteiger charge is -2.07. The first-order valence-electron chi connectivity index (χ1n) is 3.71. The van der Waals surface area contributed by atoms with Crippen molar-refractivity contribution in [2.45, 2.75) is 0 Å². The lowest BCUT2D eigenvalue weighted by Crippen LogP contribution is -2.28. The molecule has 0 unspecified atom stereocenters. The number of hydrogen-bond donors (Lipinski definition) is 2. The highest BCUT2D eigenvalue weighted by Crippen LogP contribution is 2.22. The van der Waals surface area contributed by atoms with Crippen LogP contribution in [0.25, 0.3) is 0 Å². The van der Waals surface area contributed by atoms with Gasteiger partial charge in [0.25, 0.3) is 0 Å². The predicted molar refractivity (Wildman–Crippen MR) is 39.9 cm³/mol. The molecule has 0 radical (unpaired) electrons. The molecule has 0 saturated carbocycles. The average molecular weight is 187 g/mol. The van der Waals surface area contributed by atoms with Crippen molar-refractivity contribution in [3.8, 4) is 0 Å². The second-order valence-corrected chi connectivity index (χ2v) is 2.95. The first-order valence-corrected chi connectivity index (χ1v) is 3.71. The molecule has 72 valence electrons. The molecule has 2 N–H and O–H groups in total. The highest BCUT2D eigenvalue weighted by atomic mass is 16.4. The Hall–Kier alpha value is -1.59. The molecule has 1 aliphatic heterocycles. The zero-order valence-electron chi connectivity index (χ0n) is 6.71. The third-order valence-corrected chi connectivity index (χ3v) is 2.13. The molecule has 6 heteroatoms. The van der Waals surface area contributed by atoms with Gasteiger partial charge in [0.05, 0.1) is 11.8 Å². The summed E-state index contributed by atoms with van der Waals surface area (Å²) in [4.78, 5) is 32.6. The number of nitrogens with zero attached hydrogens (tertiary/aromatic N) is 1. The average Bonchev–Trinajstić information content (AvgIpc) is 2.47. The quantitative estimate of drug-likeness (QED) is 0.544. The predicted octanol–water partition coefficient (Wildman–Crippen LogP) is -1.14. The van der Waals surface area contributed by atoms with Crippen molar-refractivity contribution in [2.75, 3.05) is 13.1 Å². The maximum absolute atomic E-state index is 10.6. The van der Waals surface area contributed by atoms with Crippen molar-refractivity contribution in [1.82, 2.24) is 4.90 Å². The van der Waals surface area contributed by atoms with Crippen LogP contribution in [0.3, 0.4) is 0 Å². The van der Waals surface area contributed by atoms with Crippen LogP contribution in [0.2, 0.25) is 0 Å². The largest absolute Gasteiger partial charge is 0.481 e. The Morgan fingerprint density at radius 1 is 1.15 bits per heavy atom. The van der Waals surface area contributed by atoms with Crippen LogP contribution < -0.4 is 0 Å². The van der Waals surface area contributed by atoms with Gasteiger partial charge >= 0.3 is 11.9 Å². The van der Waals surface area contributed by atoms with Crippen LogP contribution in [-0.4, -0.2) is 46.6 Å². The van der Waals surface area contributed by atoms with Crippen molar-refractivity contribution in [2.24, 2.45) is 11.8 Å². The monoisotopic (exact) mass is 187 g/mol. The number of likely N-dealkylation sites (tertiary alicyclic amines) is 1. The van der Waals surface area contributed by atoms with Gasteiger partial charge in [0.2, 0.25) is 6.41 Å². The van der Waals surface area contributed by atoms with E-state index in [0.717, 1.165) is 4.90 Å². The Balaban J connectivity index is 2.76. The number of carbonyl (C=O) groups is 3. The Morgan fingerprint density at radius 2 is 1.54 bits per heavy atom. The van der Waals surface area contributed by atoms with Gasteiger partial charge < -0.3 is 15.1 Å². The summed E-state index contributed by atoms with van der Waals surface area (Å²) in [6.45, 7) is -0.0361. The van der Waals surface area contributed by atoms with E-state index in [0.29, 0.717) is 6.41 Å². The minimum absolute atomic E-state index is 0.0181. The molecular weight excluding hydrogens is 178 g/mol. The Bertz CT molecular complexity index is 229. The van der Waals surface area contributed by atoms with Crippen molar-refractivity contribution >= 4 is 18.3 Å². The molecule has 1 fully saturated rings. The van der Waals surface area contributed by atoms with E-state index < -0.39 is 23.8 Å². The van der Waals surface area contributed by atoms with E-state index in [2.05, 4.69) is 0 Å². The maximum Gasteiger partial charge on any atom is 0.309 e. The molecule has 0 aromatic heterocycles. The van der Waals surface area contributed by atoms with E-state index in [4.69, 9.17) is 10.2 Å². The Labute approximate surface area is 73.8 Å². The third-order valence-electron chi connectivity index (χ3n) is 2.13. The molecule has 0 aromatic rings. The van der Waals surface area contributed by atoms with Gasteiger partial charge in [0.15, 0.2) is 0 Å². The standard InChI is InChI=1S/C7H9NO5/c9-3-8-1-4(6(10)11)5(2-8)7(12)13/h3-5H,1-2H2,(H,10,11)(H,12,13)/t4-,5-/m1/s1. The molecule has 1 heterocycles. The number of hydrogen-bond acceptors (Lipinski definition) is 3. The van der Waals surface area contributed by atoms with E-state index in [1.54, 1.807) is 0 Å². The van der Waals surface area contributed by atoms with E-state index in [-0.39, 0.29) is 13.1 Å². The van der Waals surface area contributed by atoms with Crippen LogP contribution in [-0.2, 0) is 14.4 Å². The number of aliphatic carboxylic acids is 2. The Morgan fingerprint density at radius 3 is 1.77 bits per heavy atom. The number of carbonyl (C=O) groups excluding carboxylic acids is 1. The van der Waals surface area contributed by atoms with E-state index in [1.807, 2.05) is 0 Å². The van der Waals surface area contributed by atoms with Gasteiger partial charge in [-0.3, -0.25) is 14.4 Å². The van der Waals surface area contributed by atoms with Gasteiger partial charge in [0.1, 0.15) is 0 Å². The van der Waals surface area contributed by atoms with Crippen LogP contribution in [0.5, 0.6) is 0 Å². The molecular formula is C7H9NO5. The molecule has 0 bridgehead atoms. The highest BCUT2D eigenvalue weighted by molar-refractivity contribution is 5.81. The fourth-order valence-corrected chi connectivity index (χ4v) is 1.42. The van der Waals surface area contributed by atoms with Gasteiger partial charge in [-0.05, 0) is 0 Å². The zero-order valence-corrected chi connectivity index (χ0v) is 6.71. The third kappa shape index (κ3) is 1.77. The van der Waals surface area contributed by atoms with E-state index in [9.17, 15) is 14.4 Å². The summed E-state index contributed by atoms with van der Waals surface area (Å²) in [5, 5.41) is 17.3. The van der Waals surface area contributed by atoms with Crippen LogP contribution >= 0.6 is 0 Å². The SMILES string of the molecule is O=CN1C[C@@H](C(=O)O)[C@H](C(=O)O)C1. The first kappa shape index (κ1) is 9.50. The molecule has 1 rings (SSSR count). The van der Waals surface area contributed by atoms with Gasteiger partial charge in [-0.15, -0.1) is 0 Å². The van der Waals surface area contributed by atoms with Crippen LogP contribution in [0, 0.1) is 11.8 Å². The van der Waals surface area contributed by atoms with Crippen molar-refractivity contribution < 1.29 is 24.6 Å². The molecule has 1 aliphatic rings. The zero-order chi connectivity index (χ0) is 10.0. The second-order valence-electron chi connectivity index (χ2n) is 2.95. The summed E-state index contributed by atoms with van der Waals surface area (Å²) in [7, 11) is 0. The van der Waals surface area contributed by atoms with Crippen molar-refractivity contribution in [3.63, 3.8) is 0 Å². The minimum Gasteiger partial charge on any atom is -0.481 e. The highest BCUT2D eigenvalue weighted by Gasteiger charge is 2.41. The van der Waals surface area contributed by atoms with E-state index >= 15 is 0 Å². The minimum atomic E-state index is -1.17. The smallest absolute Gasteiger partial charge is 0.309 e. The summed E-state index contributed by atoms with van der Waals surface area (Å²) in [5.41, 5.74) is 0. The molecule has 1 amide bonds.